The van der Waals surface area contributed by atoms with Crippen molar-refractivity contribution in [3.63, 3.8) is 0 Å². The summed E-state index contributed by atoms with van der Waals surface area (Å²) in [4.78, 5) is 56.0. The number of hydrogen-bond acceptors (Lipinski definition) is 7. The maximum atomic E-state index is 14.3. The zero-order valence-electron chi connectivity index (χ0n) is 27.6. The van der Waals surface area contributed by atoms with E-state index in [9.17, 15) is 24.3 Å². The van der Waals surface area contributed by atoms with Gasteiger partial charge in [-0.2, -0.15) is 0 Å². The lowest BCUT2D eigenvalue weighted by Gasteiger charge is -2.38. The molecule has 3 N–H and O–H groups in total. The number of phenolic OH excluding ortho intramolecular Hbond substituents is 1. The minimum absolute atomic E-state index is 0.138. The van der Waals surface area contributed by atoms with E-state index in [1.54, 1.807) is 87.4 Å². The highest BCUT2D eigenvalue weighted by molar-refractivity contribution is 5.94. The van der Waals surface area contributed by atoms with Crippen LogP contribution in [0.2, 0.25) is 0 Å². The number of hydrogen-bond donors (Lipinski definition) is 3. The van der Waals surface area contributed by atoms with Crippen molar-refractivity contribution in [1.82, 2.24) is 15.5 Å². The molecule has 0 aliphatic carbocycles. The Morgan fingerprint density at radius 1 is 0.795 bits per heavy atom. The second kappa shape index (κ2) is 15.1. The molecule has 2 aromatic carbocycles. The second-order valence-corrected chi connectivity index (χ2v) is 13.5. The molecule has 0 saturated carbocycles. The first-order chi connectivity index (χ1) is 20.3. The lowest BCUT2D eigenvalue weighted by molar-refractivity contribution is -0.159. The van der Waals surface area contributed by atoms with Gasteiger partial charge in [0.05, 0.1) is 0 Å². The van der Waals surface area contributed by atoms with Gasteiger partial charge in [-0.3, -0.25) is 9.59 Å². The van der Waals surface area contributed by atoms with E-state index in [0.717, 1.165) is 5.56 Å². The van der Waals surface area contributed by atoms with Crippen LogP contribution in [-0.4, -0.2) is 63.2 Å². The van der Waals surface area contributed by atoms with Crippen molar-refractivity contribution >= 4 is 23.9 Å². The monoisotopic (exact) mass is 611 g/mol. The van der Waals surface area contributed by atoms with E-state index < -0.39 is 59.2 Å². The van der Waals surface area contributed by atoms with Gasteiger partial charge in [-0.05, 0) is 72.9 Å². The van der Waals surface area contributed by atoms with Crippen LogP contribution in [0.25, 0.3) is 0 Å². The van der Waals surface area contributed by atoms with E-state index in [1.807, 2.05) is 30.3 Å². The molecular weight excluding hydrogens is 562 g/mol. The third kappa shape index (κ3) is 10.9. The fraction of sp³-hybridized carbons (Fsp3) is 0.529. The van der Waals surface area contributed by atoms with Crippen molar-refractivity contribution in [3.05, 3.63) is 65.7 Å². The number of carbonyl (C=O) groups excluding carboxylic acids is 4. The third-order valence-corrected chi connectivity index (χ3v) is 6.46. The average Bonchev–Trinajstić information content (AvgIpc) is 2.88. The topological polar surface area (TPSA) is 134 Å². The summed E-state index contributed by atoms with van der Waals surface area (Å²) in [6, 6.07) is 11.3. The number of benzene rings is 2. The molecule has 0 heterocycles. The molecule has 0 saturated heterocycles. The number of amides is 3. The Labute approximate surface area is 261 Å². The van der Waals surface area contributed by atoms with Crippen LogP contribution in [0, 0.1) is 5.92 Å². The molecule has 3 unspecified atom stereocenters. The Bertz CT molecular complexity index is 1280. The Hall–Kier alpha value is -4.08. The van der Waals surface area contributed by atoms with Crippen molar-refractivity contribution in [3.8, 4) is 5.75 Å². The molecule has 0 fully saturated rings. The predicted octanol–water partition coefficient (Wildman–Crippen LogP) is 5.29. The van der Waals surface area contributed by atoms with Gasteiger partial charge in [0, 0.05) is 18.0 Å². The van der Waals surface area contributed by atoms with Crippen LogP contribution >= 0.6 is 0 Å². The van der Waals surface area contributed by atoms with E-state index in [-0.39, 0.29) is 23.7 Å². The number of alkyl carbamates (subject to hydrolysis) is 1. The lowest BCUT2D eigenvalue weighted by atomic mass is 9.96. The Morgan fingerprint density at radius 3 is 1.84 bits per heavy atom. The van der Waals surface area contributed by atoms with Crippen LogP contribution in [-0.2, 0) is 30.3 Å². The van der Waals surface area contributed by atoms with Gasteiger partial charge in [0.25, 0.3) is 0 Å². The van der Waals surface area contributed by atoms with Crippen molar-refractivity contribution in [1.29, 1.82) is 0 Å². The summed E-state index contributed by atoms with van der Waals surface area (Å²) in [6.07, 6.45) is -0.635. The van der Waals surface area contributed by atoms with Crippen molar-refractivity contribution in [2.75, 3.05) is 0 Å². The molecule has 3 atom stereocenters. The molecule has 2 rings (SSSR count). The molecule has 0 aromatic heterocycles. The van der Waals surface area contributed by atoms with Crippen LogP contribution < -0.4 is 10.6 Å². The summed E-state index contributed by atoms with van der Waals surface area (Å²) in [5.74, 6) is -2.47. The number of phenols is 1. The van der Waals surface area contributed by atoms with Crippen LogP contribution in [0.1, 0.15) is 86.4 Å². The number of nitrogens with one attached hydrogen (secondary N) is 2. The van der Waals surface area contributed by atoms with Gasteiger partial charge >= 0.3 is 12.1 Å². The van der Waals surface area contributed by atoms with Crippen molar-refractivity contribution in [2.45, 2.75) is 111 Å². The SMILES string of the molecule is CC(C)C(NC(=O)OC(C)(C)C)C(=O)N(C(C)C)C(C(=O)NC(Cc1ccccc1)C(=O)OC(C)(C)C)c1ccccc1O. The standard InChI is InChI=1S/C34H49N3O7/c1-21(2)27(36-32(42)44-34(8,9)10)30(40)37(22(3)4)28(24-18-14-15-19-26(24)38)29(39)35-25(31(41)43-33(5,6)7)20-23-16-12-11-13-17-23/h11-19,21-22,25,27-28,38H,20H2,1-10H3,(H,35,39)(H,36,42). The van der Waals surface area contributed by atoms with E-state index >= 15 is 0 Å². The first-order valence-electron chi connectivity index (χ1n) is 15.0. The molecule has 3 amide bonds. The van der Waals surface area contributed by atoms with Gasteiger partial charge in [0.15, 0.2) is 0 Å². The molecule has 242 valence electrons. The van der Waals surface area contributed by atoms with Crippen LogP contribution in [0.4, 0.5) is 4.79 Å². The normalized spacial score (nSPS) is 13.9. The number of nitrogens with zero attached hydrogens (tertiary/aromatic N) is 1. The van der Waals surface area contributed by atoms with E-state index in [4.69, 9.17) is 9.47 Å². The number of rotatable bonds is 11. The van der Waals surface area contributed by atoms with Gasteiger partial charge in [-0.15, -0.1) is 0 Å². The van der Waals surface area contributed by atoms with Crippen LogP contribution in [0.5, 0.6) is 5.75 Å². The fourth-order valence-electron chi connectivity index (χ4n) is 4.59. The van der Waals surface area contributed by atoms with Gasteiger partial charge in [0.2, 0.25) is 11.8 Å². The molecule has 10 heteroatoms. The van der Waals surface area contributed by atoms with Gasteiger partial charge < -0.3 is 30.1 Å². The lowest BCUT2D eigenvalue weighted by Crippen LogP contribution is -2.57. The third-order valence-electron chi connectivity index (χ3n) is 6.46. The van der Waals surface area contributed by atoms with Crippen molar-refractivity contribution in [2.24, 2.45) is 5.92 Å². The van der Waals surface area contributed by atoms with E-state index in [0.29, 0.717) is 0 Å². The predicted molar refractivity (Wildman–Crippen MR) is 169 cm³/mol. The maximum Gasteiger partial charge on any atom is 0.408 e. The van der Waals surface area contributed by atoms with Crippen molar-refractivity contribution < 1.29 is 33.8 Å². The molecule has 0 aliphatic heterocycles. The van der Waals surface area contributed by atoms with Crippen LogP contribution in [0.15, 0.2) is 54.6 Å². The number of para-hydroxylation sites is 1. The highest BCUT2D eigenvalue weighted by atomic mass is 16.6. The average molecular weight is 612 g/mol. The summed E-state index contributed by atoms with van der Waals surface area (Å²) >= 11 is 0. The molecular formula is C34H49N3O7. The molecule has 0 aliphatic rings. The number of ether oxygens (including phenoxy) is 2. The summed E-state index contributed by atoms with van der Waals surface area (Å²) in [7, 11) is 0. The smallest absolute Gasteiger partial charge is 0.408 e. The first kappa shape index (κ1) is 36.1. The Balaban J connectivity index is 2.59. The number of esters is 1. The maximum absolute atomic E-state index is 14.3. The highest BCUT2D eigenvalue weighted by Crippen LogP contribution is 2.32. The van der Waals surface area contributed by atoms with Crippen LogP contribution in [0.3, 0.4) is 0 Å². The number of aromatic hydroxyl groups is 1. The Kier molecular flexibility index (Phi) is 12.4. The zero-order valence-corrected chi connectivity index (χ0v) is 27.6. The molecule has 10 nitrogen and oxygen atoms in total. The summed E-state index contributed by atoms with van der Waals surface area (Å²) in [5, 5.41) is 16.4. The molecule has 0 spiro atoms. The molecule has 44 heavy (non-hydrogen) atoms. The van der Waals surface area contributed by atoms with E-state index in [1.165, 1.54) is 11.0 Å². The van der Waals surface area contributed by atoms with Gasteiger partial charge in [0.1, 0.15) is 35.1 Å². The minimum Gasteiger partial charge on any atom is -0.508 e. The zero-order chi connectivity index (χ0) is 33.4. The highest BCUT2D eigenvalue weighted by Gasteiger charge is 2.41. The quantitative estimate of drug-likeness (QED) is 0.294. The Morgan fingerprint density at radius 2 is 1.34 bits per heavy atom. The summed E-state index contributed by atoms with van der Waals surface area (Å²) in [5.41, 5.74) is -0.651. The fourth-order valence-corrected chi connectivity index (χ4v) is 4.59. The number of carbonyl (C=O) groups is 4. The second-order valence-electron chi connectivity index (χ2n) is 13.5. The first-order valence-corrected chi connectivity index (χ1v) is 15.0. The summed E-state index contributed by atoms with van der Waals surface area (Å²) in [6.45, 7) is 17.4. The van der Waals surface area contributed by atoms with Gasteiger partial charge in [-0.1, -0.05) is 62.4 Å². The van der Waals surface area contributed by atoms with E-state index in [2.05, 4.69) is 10.6 Å². The molecule has 0 radical (unpaired) electrons. The summed E-state index contributed by atoms with van der Waals surface area (Å²) < 4.78 is 11.1. The van der Waals surface area contributed by atoms with Gasteiger partial charge in [-0.25, -0.2) is 9.59 Å². The molecule has 2 aromatic rings. The molecule has 0 bridgehead atoms. The largest absolute Gasteiger partial charge is 0.508 e. The minimum atomic E-state index is -1.36.